The molecule has 198 valence electrons. The molecule has 0 saturated heterocycles. The normalized spacial score (nSPS) is 15.1. The topological polar surface area (TPSA) is 69.9 Å². The molecular formula is C30H24Cl2N2O4S. The van der Waals surface area contributed by atoms with E-state index in [-0.39, 0.29) is 12.2 Å². The van der Waals surface area contributed by atoms with Gasteiger partial charge < -0.3 is 9.47 Å². The van der Waals surface area contributed by atoms with Crippen molar-refractivity contribution in [3.63, 3.8) is 0 Å². The minimum atomic E-state index is -0.698. The van der Waals surface area contributed by atoms with Crippen LogP contribution >= 0.6 is 34.5 Å². The molecule has 0 aliphatic carbocycles. The van der Waals surface area contributed by atoms with Crippen molar-refractivity contribution < 1.29 is 14.3 Å². The Hall–Kier alpha value is -3.65. The number of ether oxygens (including phenoxy) is 2. The van der Waals surface area contributed by atoms with Crippen LogP contribution in [0.4, 0.5) is 0 Å². The zero-order chi connectivity index (χ0) is 27.5. The quantitative estimate of drug-likeness (QED) is 0.264. The van der Waals surface area contributed by atoms with Gasteiger partial charge in [0.2, 0.25) is 0 Å². The van der Waals surface area contributed by atoms with E-state index in [1.807, 2.05) is 60.7 Å². The van der Waals surface area contributed by atoms with E-state index in [0.29, 0.717) is 43.0 Å². The summed E-state index contributed by atoms with van der Waals surface area (Å²) in [6, 6.07) is 21.3. The molecule has 1 aromatic heterocycles. The highest BCUT2D eigenvalue weighted by Crippen LogP contribution is 2.31. The highest BCUT2D eigenvalue weighted by atomic mass is 35.5. The maximum absolute atomic E-state index is 13.9. The van der Waals surface area contributed by atoms with E-state index in [1.54, 1.807) is 36.6 Å². The number of allylic oxidation sites excluding steroid dienone is 1. The number of hydrogen-bond acceptors (Lipinski definition) is 6. The lowest BCUT2D eigenvalue weighted by Gasteiger charge is -2.24. The second kappa shape index (κ2) is 11.6. The molecule has 0 bridgehead atoms. The molecule has 1 aliphatic heterocycles. The van der Waals surface area contributed by atoms with Crippen LogP contribution < -0.4 is 19.6 Å². The zero-order valence-electron chi connectivity index (χ0n) is 21.2. The Balaban J connectivity index is 1.59. The lowest BCUT2D eigenvalue weighted by molar-refractivity contribution is -0.139. The molecule has 0 N–H and O–H groups in total. The smallest absolute Gasteiger partial charge is 0.338 e. The van der Waals surface area contributed by atoms with Crippen molar-refractivity contribution in [3.05, 3.63) is 130 Å². The largest absolute Gasteiger partial charge is 0.488 e. The van der Waals surface area contributed by atoms with Crippen molar-refractivity contribution in [1.82, 2.24) is 4.57 Å². The first-order chi connectivity index (χ1) is 18.9. The van der Waals surface area contributed by atoms with Gasteiger partial charge in [0.05, 0.1) is 28.5 Å². The summed E-state index contributed by atoms with van der Waals surface area (Å²) in [7, 11) is 0. The molecule has 5 rings (SSSR count). The van der Waals surface area contributed by atoms with Crippen molar-refractivity contribution in [2.24, 2.45) is 4.99 Å². The zero-order valence-corrected chi connectivity index (χ0v) is 23.5. The number of carbonyl (C=O) groups is 1. The Labute approximate surface area is 239 Å². The van der Waals surface area contributed by atoms with Crippen LogP contribution in [0.1, 0.15) is 36.6 Å². The standard InChI is InChI=1S/C30H24Cl2N2O4S/c1-3-37-29(36)26-18(2)33-30-34(27(26)20-10-14-23(32)15-11-20)28(35)25(39-30)16-21-6-4-5-7-24(21)38-17-19-8-12-22(31)13-9-19/h4-16,27H,3,17H2,1-2H3. The van der Waals surface area contributed by atoms with Gasteiger partial charge in [-0.2, -0.15) is 0 Å². The van der Waals surface area contributed by atoms with Crippen molar-refractivity contribution in [2.45, 2.75) is 26.5 Å². The van der Waals surface area contributed by atoms with E-state index in [1.165, 1.54) is 11.3 Å². The third-order valence-electron chi connectivity index (χ3n) is 6.22. The van der Waals surface area contributed by atoms with Crippen LogP contribution in [-0.2, 0) is 16.1 Å². The highest BCUT2D eigenvalue weighted by molar-refractivity contribution is 7.07. The number of nitrogens with zero attached hydrogens (tertiary/aromatic N) is 2. The van der Waals surface area contributed by atoms with Crippen molar-refractivity contribution in [1.29, 1.82) is 0 Å². The molecule has 0 radical (unpaired) electrons. The molecule has 0 amide bonds. The number of benzene rings is 3. The van der Waals surface area contributed by atoms with Gasteiger partial charge in [-0.25, -0.2) is 9.79 Å². The number of para-hydroxylation sites is 1. The summed E-state index contributed by atoms with van der Waals surface area (Å²) in [6.07, 6.45) is 1.79. The molecule has 2 heterocycles. The molecule has 39 heavy (non-hydrogen) atoms. The molecule has 0 saturated carbocycles. The van der Waals surface area contributed by atoms with Gasteiger partial charge >= 0.3 is 5.97 Å². The van der Waals surface area contributed by atoms with Gasteiger partial charge in [0.25, 0.3) is 5.56 Å². The second-order valence-corrected chi connectivity index (χ2v) is 10.7. The average Bonchev–Trinajstić information content (AvgIpc) is 3.23. The maximum atomic E-state index is 13.9. The SMILES string of the molecule is CCOC(=O)C1=C(C)N=c2sc(=Cc3ccccc3OCc3ccc(Cl)cc3)c(=O)n2C1c1ccc(Cl)cc1. The van der Waals surface area contributed by atoms with E-state index in [4.69, 9.17) is 32.7 Å². The average molecular weight is 580 g/mol. The van der Waals surface area contributed by atoms with E-state index >= 15 is 0 Å². The first-order valence-electron chi connectivity index (χ1n) is 12.3. The monoisotopic (exact) mass is 578 g/mol. The van der Waals surface area contributed by atoms with Crippen LogP contribution in [0.2, 0.25) is 10.0 Å². The van der Waals surface area contributed by atoms with Crippen LogP contribution in [-0.4, -0.2) is 17.1 Å². The molecule has 0 spiro atoms. The van der Waals surface area contributed by atoms with Crippen molar-refractivity contribution in [2.75, 3.05) is 6.61 Å². The van der Waals surface area contributed by atoms with Gasteiger partial charge in [-0.05, 0) is 61.4 Å². The van der Waals surface area contributed by atoms with Gasteiger partial charge in [0.1, 0.15) is 12.4 Å². The minimum Gasteiger partial charge on any atom is -0.488 e. The Morgan fingerprint density at radius 2 is 1.69 bits per heavy atom. The van der Waals surface area contributed by atoms with E-state index in [0.717, 1.165) is 16.7 Å². The highest BCUT2D eigenvalue weighted by Gasteiger charge is 2.33. The Kier molecular flexibility index (Phi) is 8.02. The molecule has 0 fully saturated rings. The summed E-state index contributed by atoms with van der Waals surface area (Å²) in [5.41, 5.74) is 3.02. The molecule has 6 nitrogen and oxygen atoms in total. The fourth-order valence-corrected chi connectivity index (χ4v) is 5.66. The lowest BCUT2D eigenvalue weighted by atomic mass is 9.96. The number of esters is 1. The summed E-state index contributed by atoms with van der Waals surface area (Å²) in [5.74, 6) is 0.129. The Morgan fingerprint density at radius 1 is 1.03 bits per heavy atom. The van der Waals surface area contributed by atoms with Gasteiger partial charge in [-0.3, -0.25) is 9.36 Å². The molecular weight excluding hydrogens is 555 g/mol. The summed E-state index contributed by atoms with van der Waals surface area (Å²) in [6.45, 7) is 4.06. The molecule has 1 unspecified atom stereocenters. The summed E-state index contributed by atoms with van der Waals surface area (Å²) in [5, 5.41) is 1.22. The number of hydrogen-bond donors (Lipinski definition) is 0. The predicted octanol–water partition coefficient (Wildman–Crippen LogP) is 5.68. The van der Waals surface area contributed by atoms with Crippen LogP contribution in [0, 0.1) is 0 Å². The molecule has 1 aliphatic rings. The summed E-state index contributed by atoms with van der Waals surface area (Å²) < 4.78 is 13.4. The van der Waals surface area contributed by atoms with Crippen molar-refractivity contribution >= 4 is 46.6 Å². The predicted molar refractivity (Wildman–Crippen MR) is 154 cm³/mol. The van der Waals surface area contributed by atoms with Gasteiger partial charge in [-0.15, -0.1) is 0 Å². The van der Waals surface area contributed by atoms with Gasteiger partial charge in [-0.1, -0.05) is 77.0 Å². The van der Waals surface area contributed by atoms with Crippen molar-refractivity contribution in [3.8, 4) is 5.75 Å². The second-order valence-electron chi connectivity index (χ2n) is 8.81. The van der Waals surface area contributed by atoms with Crippen LogP contribution in [0.15, 0.2) is 93.9 Å². The minimum absolute atomic E-state index is 0.209. The molecule has 4 aromatic rings. The first-order valence-corrected chi connectivity index (χ1v) is 13.8. The van der Waals surface area contributed by atoms with E-state index < -0.39 is 12.0 Å². The number of rotatable bonds is 7. The fourth-order valence-electron chi connectivity index (χ4n) is 4.37. The fraction of sp³-hybridized carbons (Fsp3) is 0.167. The first kappa shape index (κ1) is 26.9. The van der Waals surface area contributed by atoms with Gasteiger partial charge in [0.15, 0.2) is 4.80 Å². The molecule has 9 heteroatoms. The summed E-state index contributed by atoms with van der Waals surface area (Å²) in [4.78, 5) is 32.0. The van der Waals surface area contributed by atoms with Crippen LogP contribution in [0.5, 0.6) is 5.75 Å². The van der Waals surface area contributed by atoms with Crippen LogP contribution in [0.3, 0.4) is 0 Å². The third kappa shape index (κ3) is 5.71. The van der Waals surface area contributed by atoms with E-state index in [9.17, 15) is 9.59 Å². The lowest BCUT2D eigenvalue weighted by Crippen LogP contribution is -2.39. The number of carbonyl (C=O) groups excluding carboxylic acids is 1. The Bertz CT molecular complexity index is 1740. The molecule has 1 atom stereocenters. The number of thiazole rings is 1. The number of fused-ring (bicyclic) bond motifs is 1. The third-order valence-corrected chi connectivity index (χ3v) is 7.70. The van der Waals surface area contributed by atoms with E-state index in [2.05, 4.69) is 4.99 Å². The van der Waals surface area contributed by atoms with Crippen LogP contribution in [0.25, 0.3) is 6.08 Å². The number of halogens is 2. The molecule has 3 aromatic carbocycles. The summed E-state index contributed by atoms with van der Waals surface area (Å²) >= 11 is 13.4. The maximum Gasteiger partial charge on any atom is 0.338 e. The number of aromatic nitrogens is 1. The Morgan fingerprint density at radius 3 is 2.38 bits per heavy atom. The van der Waals surface area contributed by atoms with Gasteiger partial charge in [0, 0.05) is 15.6 Å².